The first-order valence-corrected chi connectivity index (χ1v) is 7.58. The highest BCUT2D eigenvalue weighted by atomic mass is 16.6. The number of unbranched alkanes of at least 4 members (excludes halogenated alkanes) is 1. The van der Waals surface area contributed by atoms with Gasteiger partial charge in [0, 0.05) is 6.54 Å². The number of carbonyl (C=O) groups excluding carboxylic acids is 2. The standard InChI is InChI=1S/C14H25N3O5/c1-3-8(2)9(12(18)16-7-5-4-6-15)17-13(19)10-11(22-10)14(20)21/h8-11H,3-7,15H2,1-2H3,(H,16,18)(H,17,19)(H,20,21)/t8?,9?,10-,11-/m0/s1. The van der Waals surface area contributed by atoms with E-state index in [9.17, 15) is 14.4 Å². The van der Waals surface area contributed by atoms with Gasteiger partial charge in [0.05, 0.1) is 0 Å². The van der Waals surface area contributed by atoms with Gasteiger partial charge in [0.25, 0.3) is 5.91 Å². The number of aliphatic carboxylic acids is 1. The van der Waals surface area contributed by atoms with Crippen LogP contribution in [0, 0.1) is 5.92 Å². The third-order valence-corrected chi connectivity index (χ3v) is 3.72. The van der Waals surface area contributed by atoms with E-state index in [1.54, 1.807) is 0 Å². The number of carboxylic acids is 1. The van der Waals surface area contributed by atoms with Crippen molar-refractivity contribution in [3.8, 4) is 0 Å². The molecule has 1 heterocycles. The van der Waals surface area contributed by atoms with Crippen LogP contribution in [-0.2, 0) is 19.1 Å². The molecule has 4 atom stereocenters. The number of rotatable bonds is 10. The monoisotopic (exact) mass is 315 g/mol. The molecule has 2 unspecified atom stereocenters. The molecule has 8 nitrogen and oxygen atoms in total. The summed E-state index contributed by atoms with van der Waals surface area (Å²) >= 11 is 0. The van der Waals surface area contributed by atoms with Gasteiger partial charge in [-0.2, -0.15) is 0 Å². The van der Waals surface area contributed by atoms with Gasteiger partial charge in [0.1, 0.15) is 6.04 Å². The fourth-order valence-corrected chi connectivity index (χ4v) is 2.03. The lowest BCUT2D eigenvalue weighted by atomic mass is 9.98. The molecule has 2 amide bonds. The predicted molar refractivity (Wildman–Crippen MR) is 79.0 cm³/mol. The second-order valence-corrected chi connectivity index (χ2v) is 5.47. The molecule has 0 spiro atoms. The summed E-state index contributed by atoms with van der Waals surface area (Å²) in [5.74, 6) is -2.07. The lowest BCUT2D eigenvalue weighted by Gasteiger charge is -2.23. The van der Waals surface area contributed by atoms with Gasteiger partial charge in [-0.3, -0.25) is 9.59 Å². The summed E-state index contributed by atoms with van der Waals surface area (Å²) < 4.78 is 4.79. The SMILES string of the molecule is CCC(C)C(NC(=O)[C@H]1O[C@@H]1C(=O)O)C(=O)NCCCCN. The molecular weight excluding hydrogens is 290 g/mol. The van der Waals surface area contributed by atoms with Gasteiger partial charge in [0.15, 0.2) is 12.2 Å². The van der Waals surface area contributed by atoms with E-state index in [1.165, 1.54) is 0 Å². The second-order valence-electron chi connectivity index (χ2n) is 5.47. The van der Waals surface area contributed by atoms with E-state index in [-0.39, 0.29) is 11.8 Å². The lowest BCUT2D eigenvalue weighted by molar-refractivity contribution is -0.138. The predicted octanol–water partition coefficient (Wildman–Crippen LogP) is -0.776. The van der Waals surface area contributed by atoms with E-state index in [2.05, 4.69) is 10.6 Å². The lowest BCUT2D eigenvalue weighted by Crippen LogP contribution is -2.51. The minimum Gasteiger partial charge on any atom is -0.479 e. The largest absolute Gasteiger partial charge is 0.479 e. The van der Waals surface area contributed by atoms with Crippen LogP contribution < -0.4 is 16.4 Å². The number of ether oxygens (including phenoxy) is 1. The molecular formula is C14H25N3O5. The molecule has 0 bridgehead atoms. The fraction of sp³-hybridized carbons (Fsp3) is 0.786. The number of nitrogens with two attached hydrogens (primary N) is 1. The van der Waals surface area contributed by atoms with Crippen molar-refractivity contribution in [2.24, 2.45) is 11.7 Å². The summed E-state index contributed by atoms with van der Waals surface area (Å²) in [5, 5.41) is 14.1. The van der Waals surface area contributed by atoms with Crippen LogP contribution in [0.1, 0.15) is 33.1 Å². The van der Waals surface area contributed by atoms with E-state index in [1.807, 2.05) is 13.8 Å². The summed E-state index contributed by atoms with van der Waals surface area (Å²) in [7, 11) is 0. The van der Waals surface area contributed by atoms with E-state index >= 15 is 0 Å². The third kappa shape index (κ3) is 5.27. The number of nitrogens with one attached hydrogen (secondary N) is 2. The zero-order valence-corrected chi connectivity index (χ0v) is 13.0. The van der Waals surface area contributed by atoms with Crippen LogP contribution in [0.15, 0.2) is 0 Å². The average Bonchev–Trinajstić information content (AvgIpc) is 3.28. The molecule has 0 aromatic heterocycles. The molecule has 1 fully saturated rings. The van der Waals surface area contributed by atoms with Gasteiger partial charge in [-0.15, -0.1) is 0 Å². The van der Waals surface area contributed by atoms with Gasteiger partial charge in [-0.1, -0.05) is 20.3 Å². The van der Waals surface area contributed by atoms with Crippen LogP contribution >= 0.6 is 0 Å². The Labute approximate surface area is 129 Å². The second kappa shape index (κ2) is 8.70. The minimum absolute atomic E-state index is 0.0690. The Morgan fingerprint density at radius 3 is 2.45 bits per heavy atom. The van der Waals surface area contributed by atoms with Crippen molar-refractivity contribution in [2.45, 2.75) is 51.4 Å². The molecule has 1 saturated heterocycles. The highest BCUT2D eigenvalue weighted by molar-refractivity contribution is 5.95. The van der Waals surface area contributed by atoms with Gasteiger partial charge in [-0.25, -0.2) is 4.79 Å². The van der Waals surface area contributed by atoms with Crippen molar-refractivity contribution in [1.82, 2.24) is 10.6 Å². The maximum Gasteiger partial charge on any atom is 0.336 e. The van der Waals surface area contributed by atoms with Gasteiger partial charge < -0.3 is 26.2 Å². The summed E-state index contributed by atoms with van der Waals surface area (Å²) in [6, 6.07) is -0.700. The Morgan fingerprint density at radius 2 is 1.95 bits per heavy atom. The highest BCUT2D eigenvalue weighted by Gasteiger charge is 2.51. The van der Waals surface area contributed by atoms with Crippen molar-refractivity contribution in [3.05, 3.63) is 0 Å². The third-order valence-electron chi connectivity index (χ3n) is 3.72. The normalized spacial score (nSPS) is 22.5. The van der Waals surface area contributed by atoms with E-state index < -0.39 is 30.1 Å². The van der Waals surface area contributed by atoms with Crippen LogP contribution in [0.3, 0.4) is 0 Å². The average molecular weight is 315 g/mol. The first-order valence-electron chi connectivity index (χ1n) is 7.58. The van der Waals surface area contributed by atoms with Gasteiger partial charge in [0.2, 0.25) is 5.91 Å². The molecule has 5 N–H and O–H groups in total. The Bertz CT molecular complexity index is 415. The number of carboxylic acid groups (broad SMARTS) is 1. The van der Waals surface area contributed by atoms with Crippen LogP contribution in [0.5, 0.6) is 0 Å². The smallest absolute Gasteiger partial charge is 0.336 e. The molecule has 1 rings (SSSR count). The molecule has 126 valence electrons. The Balaban J connectivity index is 2.52. The first kappa shape index (κ1) is 18.4. The molecule has 22 heavy (non-hydrogen) atoms. The number of carbonyl (C=O) groups is 3. The quantitative estimate of drug-likeness (QED) is 0.309. The van der Waals surface area contributed by atoms with Crippen LogP contribution in [0.2, 0.25) is 0 Å². The molecule has 1 aliphatic heterocycles. The van der Waals surface area contributed by atoms with Gasteiger partial charge in [-0.05, 0) is 25.3 Å². The summed E-state index contributed by atoms with van der Waals surface area (Å²) in [6.07, 6.45) is 0.182. The van der Waals surface area contributed by atoms with Crippen molar-refractivity contribution >= 4 is 17.8 Å². The Kier molecular flexibility index (Phi) is 7.26. The molecule has 0 aromatic carbocycles. The first-order chi connectivity index (χ1) is 10.4. The molecule has 0 aliphatic carbocycles. The fourth-order valence-electron chi connectivity index (χ4n) is 2.03. The van der Waals surface area contributed by atoms with E-state index in [0.29, 0.717) is 19.5 Å². The number of hydrogen-bond acceptors (Lipinski definition) is 5. The van der Waals surface area contributed by atoms with Crippen molar-refractivity contribution in [2.75, 3.05) is 13.1 Å². The minimum atomic E-state index is -1.17. The molecule has 8 heteroatoms. The summed E-state index contributed by atoms with van der Waals surface area (Å²) in [4.78, 5) is 34.8. The number of amides is 2. The Hall–Kier alpha value is -1.67. The van der Waals surface area contributed by atoms with Gasteiger partial charge >= 0.3 is 5.97 Å². The number of hydrogen-bond donors (Lipinski definition) is 4. The molecule has 0 saturated carbocycles. The van der Waals surface area contributed by atoms with Crippen molar-refractivity contribution in [1.29, 1.82) is 0 Å². The van der Waals surface area contributed by atoms with Crippen LogP contribution in [0.4, 0.5) is 0 Å². The van der Waals surface area contributed by atoms with Crippen LogP contribution in [0.25, 0.3) is 0 Å². The summed E-state index contributed by atoms with van der Waals surface area (Å²) in [6.45, 7) is 4.83. The van der Waals surface area contributed by atoms with Crippen LogP contribution in [-0.4, -0.2) is 54.2 Å². The summed E-state index contributed by atoms with van der Waals surface area (Å²) in [5.41, 5.74) is 5.39. The maximum absolute atomic E-state index is 12.2. The zero-order valence-electron chi connectivity index (χ0n) is 13.0. The topological polar surface area (TPSA) is 134 Å². The Morgan fingerprint density at radius 1 is 1.27 bits per heavy atom. The van der Waals surface area contributed by atoms with E-state index in [0.717, 1.165) is 12.8 Å². The molecule has 1 aliphatic rings. The zero-order chi connectivity index (χ0) is 16.7. The molecule has 0 radical (unpaired) electrons. The highest BCUT2D eigenvalue weighted by Crippen LogP contribution is 2.23. The number of epoxide rings is 1. The van der Waals surface area contributed by atoms with Crippen molar-refractivity contribution < 1.29 is 24.2 Å². The maximum atomic E-state index is 12.2. The molecule has 0 aromatic rings. The van der Waals surface area contributed by atoms with Crippen molar-refractivity contribution in [3.63, 3.8) is 0 Å². The van der Waals surface area contributed by atoms with E-state index in [4.69, 9.17) is 15.6 Å².